The van der Waals surface area contributed by atoms with E-state index in [1.54, 1.807) is 6.92 Å². The zero-order valence-corrected chi connectivity index (χ0v) is 12.2. The second-order valence-electron chi connectivity index (χ2n) is 5.73. The summed E-state index contributed by atoms with van der Waals surface area (Å²) in [6.07, 6.45) is -7.09. The lowest BCUT2D eigenvalue weighted by Crippen LogP contribution is -2.60. The molecule has 1 aromatic rings. The second-order valence-corrected chi connectivity index (χ2v) is 5.73. The molecule has 3 N–H and O–H groups in total. The topological polar surface area (TPSA) is 63.9 Å². The number of benzene rings is 1. The van der Waals surface area contributed by atoms with Crippen molar-refractivity contribution >= 4 is 0 Å². The maximum Gasteiger partial charge on any atom is 0.416 e. The van der Waals surface area contributed by atoms with Crippen LogP contribution in [0, 0.1) is 0 Å². The number of aliphatic hydroxyl groups is 3. The number of rotatable bonds is 3. The minimum Gasteiger partial charge on any atom is -0.389 e. The number of likely N-dealkylation sites (tertiary alicyclic amines) is 1. The Balaban J connectivity index is 1.95. The molecule has 0 aliphatic carbocycles. The molecule has 0 spiro atoms. The predicted molar refractivity (Wildman–Crippen MR) is 74.2 cm³/mol. The number of alkyl halides is 3. The van der Waals surface area contributed by atoms with Crippen LogP contribution in [0.25, 0.3) is 0 Å². The SMILES string of the molecule is C[C@@H]1[C@@H](O)[C@H](O)[C@@H](O)CN1CCc1ccc(C(F)(F)F)cc1. The summed E-state index contributed by atoms with van der Waals surface area (Å²) in [6.45, 7) is 2.44. The van der Waals surface area contributed by atoms with Crippen LogP contribution in [0.15, 0.2) is 24.3 Å². The van der Waals surface area contributed by atoms with Gasteiger partial charge < -0.3 is 15.3 Å². The molecule has 0 amide bonds. The Hall–Kier alpha value is -1.15. The molecule has 1 aliphatic heterocycles. The molecule has 1 aromatic carbocycles. The summed E-state index contributed by atoms with van der Waals surface area (Å²) in [5.41, 5.74) is 0.0619. The zero-order valence-electron chi connectivity index (χ0n) is 12.2. The normalized spacial score (nSPS) is 30.5. The van der Waals surface area contributed by atoms with E-state index < -0.39 is 30.1 Å². The van der Waals surface area contributed by atoms with Gasteiger partial charge in [0, 0.05) is 19.1 Å². The van der Waals surface area contributed by atoms with Crippen LogP contribution < -0.4 is 0 Å². The first-order valence-electron chi connectivity index (χ1n) is 7.14. The highest BCUT2D eigenvalue weighted by Crippen LogP contribution is 2.29. The molecule has 0 saturated carbocycles. The Bertz CT molecular complexity index is 492. The lowest BCUT2D eigenvalue weighted by atomic mass is 9.94. The molecule has 2 rings (SSSR count). The molecule has 0 aromatic heterocycles. The maximum absolute atomic E-state index is 12.5. The highest BCUT2D eigenvalue weighted by Gasteiger charge is 2.38. The summed E-state index contributed by atoms with van der Waals surface area (Å²) in [7, 11) is 0. The van der Waals surface area contributed by atoms with E-state index in [0.29, 0.717) is 13.0 Å². The number of nitrogens with zero attached hydrogens (tertiary/aromatic N) is 1. The molecule has 124 valence electrons. The summed E-state index contributed by atoms with van der Waals surface area (Å²) in [4.78, 5) is 1.82. The molecule has 0 unspecified atom stereocenters. The van der Waals surface area contributed by atoms with Crippen molar-refractivity contribution in [3.63, 3.8) is 0 Å². The summed E-state index contributed by atoms with van der Waals surface area (Å²) < 4.78 is 37.4. The average Bonchev–Trinajstić information content (AvgIpc) is 2.47. The van der Waals surface area contributed by atoms with Crippen LogP contribution in [0.5, 0.6) is 0 Å². The van der Waals surface area contributed by atoms with E-state index in [-0.39, 0.29) is 12.6 Å². The Kier molecular flexibility index (Phi) is 5.11. The minimum atomic E-state index is -4.34. The van der Waals surface area contributed by atoms with Crippen molar-refractivity contribution in [1.82, 2.24) is 4.90 Å². The van der Waals surface area contributed by atoms with E-state index in [4.69, 9.17) is 0 Å². The zero-order chi connectivity index (χ0) is 16.5. The van der Waals surface area contributed by atoms with E-state index in [2.05, 4.69) is 0 Å². The van der Waals surface area contributed by atoms with Crippen LogP contribution in [0.4, 0.5) is 13.2 Å². The van der Waals surface area contributed by atoms with Crippen molar-refractivity contribution in [2.45, 2.75) is 43.9 Å². The fourth-order valence-corrected chi connectivity index (χ4v) is 2.67. The molecule has 1 heterocycles. The number of piperidine rings is 1. The summed E-state index contributed by atoms with van der Waals surface area (Å²) >= 11 is 0. The third-order valence-corrected chi connectivity index (χ3v) is 4.20. The van der Waals surface area contributed by atoms with E-state index in [1.165, 1.54) is 12.1 Å². The van der Waals surface area contributed by atoms with Crippen LogP contribution in [-0.4, -0.2) is 57.7 Å². The van der Waals surface area contributed by atoms with Gasteiger partial charge in [-0.2, -0.15) is 13.2 Å². The Morgan fingerprint density at radius 1 is 1.09 bits per heavy atom. The highest BCUT2D eigenvalue weighted by molar-refractivity contribution is 5.24. The molecule has 1 fully saturated rings. The summed E-state index contributed by atoms with van der Waals surface area (Å²) in [5.74, 6) is 0. The molecular formula is C15H20F3NO3. The number of β-amino-alcohol motifs (C(OH)–C–C–N with tert-alkyl or cyclic N) is 1. The molecule has 0 radical (unpaired) electrons. The molecule has 1 saturated heterocycles. The Labute approximate surface area is 126 Å². The van der Waals surface area contributed by atoms with Gasteiger partial charge in [-0.3, -0.25) is 4.90 Å². The number of aliphatic hydroxyl groups excluding tert-OH is 3. The van der Waals surface area contributed by atoms with Gasteiger partial charge in [-0.15, -0.1) is 0 Å². The first-order valence-corrected chi connectivity index (χ1v) is 7.14. The number of hydrogen-bond donors (Lipinski definition) is 3. The van der Waals surface area contributed by atoms with Gasteiger partial charge in [0.2, 0.25) is 0 Å². The van der Waals surface area contributed by atoms with Crippen LogP contribution >= 0.6 is 0 Å². The summed E-state index contributed by atoms with van der Waals surface area (Å²) in [6, 6.07) is 4.62. The fourth-order valence-electron chi connectivity index (χ4n) is 2.67. The minimum absolute atomic E-state index is 0.222. The smallest absolute Gasteiger partial charge is 0.389 e. The van der Waals surface area contributed by atoms with Crippen molar-refractivity contribution in [1.29, 1.82) is 0 Å². The highest BCUT2D eigenvalue weighted by atomic mass is 19.4. The van der Waals surface area contributed by atoms with Gasteiger partial charge in [-0.05, 0) is 31.0 Å². The maximum atomic E-state index is 12.5. The van der Waals surface area contributed by atoms with Crippen molar-refractivity contribution in [2.24, 2.45) is 0 Å². The average molecular weight is 319 g/mol. The van der Waals surface area contributed by atoms with Gasteiger partial charge in [0.15, 0.2) is 0 Å². The number of hydrogen-bond acceptors (Lipinski definition) is 4. The van der Waals surface area contributed by atoms with Crippen LogP contribution in [0.3, 0.4) is 0 Å². The third-order valence-electron chi connectivity index (χ3n) is 4.20. The van der Waals surface area contributed by atoms with Gasteiger partial charge in [0.25, 0.3) is 0 Å². The van der Waals surface area contributed by atoms with Crippen LogP contribution in [0.2, 0.25) is 0 Å². The standard InChI is InChI=1S/C15H20F3NO3/c1-9-13(21)14(22)12(20)8-19(9)7-6-10-2-4-11(5-3-10)15(16,17)18/h2-5,9,12-14,20-22H,6-8H2,1H3/t9-,12+,13-,14-/m1/s1. The van der Waals surface area contributed by atoms with Gasteiger partial charge in [-0.1, -0.05) is 12.1 Å². The van der Waals surface area contributed by atoms with E-state index >= 15 is 0 Å². The van der Waals surface area contributed by atoms with E-state index in [0.717, 1.165) is 17.7 Å². The van der Waals surface area contributed by atoms with Crippen LogP contribution in [-0.2, 0) is 12.6 Å². The van der Waals surface area contributed by atoms with E-state index in [9.17, 15) is 28.5 Å². The lowest BCUT2D eigenvalue weighted by Gasteiger charge is -2.42. The first-order chi connectivity index (χ1) is 10.2. The van der Waals surface area contributed by atoms with Gasteiger partial charge in [0.05, 0.1) is 17.8 Å². The third kappa shape index (κ3) is 3.78. The van der Waals surface area contributed by atoms with Crippen molar-refractivity contribution < 1.29 is 28.5 Å². The first kappa shape index (κ1) is 17.2. The van der Waals surface area contributed by atoms with Crippen molar-refractivity contribution in [3.8, 4) is 0 Å². The largest absolute Gasteiger partial charge is 0.416 e. The monoisotopic (exact) mass is 319 g/mol. The Morgan fingerprint density at radius 3 is 2.23 bits per heavy atom. The van der Waals surface area contributed by atoms with Crippen molar-refractivity contribution in [3.05, 3.63) is 35.4 Å². The number of halogens is 3. The molecular weight excluding hydrogens is 299 g/mol. The molecule has 7 heteroatoms. The lowest BCUT2D eigenvalue weighted by molar-refractivity contribution is -0.137. The quantitative estimate of drug-likeness (QED) is 0.779. The second kappa shape index (κ2) is 6.54. The molecule has 4 nitrogen and oxygen atoms in total. The van der Waals surface area contributed by atoms with Crippen LogP contribution in [0.1, 0.15) is 18.1 Å². The van der Waals surface area contributed by atoms with Gasteiger partial charge >= 0.3 is 6.18 Å². The van der Waals surface area contributed by atoms with Gasteiger partial charge in [-0.25, -0.2) is 0 Å². The molecule has 4 atom stereocenters. The Morgan fingerprint density at radius 2 is 1.68 bits per heavy atom. The predicted octanol–water partition coefficient (Wildman–Crippen LogP) is 1.03. The van der Waals surface area contributed by atoms with Gasteiger partial charge in [0.1, 0.15) is 6.10 Å². The summed E-state index contributed by atoms with van der Waals surface area (Å²) in [5, 5.41) is 29.1. The molecule has 0 bridgehead atoms. The molecule has 1 aliphatic rings. The fraction of sp³-hybridized carbons (Fsp3) is 0.600. The molecule has 22 heavy (non-hydrogen) atoms. The van der Waals surface area contributed by atoms with Crippen molar-refractivity contribution in [2.75, 3.05) is 13.1 Å². The van der Waals surface area contributed by atoms with E-state index in [1.807, 2.05) is 4.90 Å².